The van der Waals surface area contributed by atoms with Crippen LogP contribution >= 0.6 is 0 Å². The molecule has 3 rings (SSSR count). The second kappa shape index (κ2) is 4.60. The molecule has 92 valence electrons. The quantitative estimate of drug-likeness (QED) is 0.857. The Bertz CT molecular complexity index is 519. The Morgan fingerprint density at radius 1 is 1.33 bits per heavy atom. The van der Waals surface area contributed by atoms with Gasteiger partial charge < -0.3 is 5.32 Å². The average Bonchev–Trinajstić information content (AvgIpc) is 3.10. The van der Waals surface area contributed by atoms with Crippen LogP contribution in [0, 0.1) is 5.92 Å². The molecule has 0 saturated heterocycles. The Labute approximate surface area is 105 Å². The summed E-state index contributed by atoms with van der Waals surface area (Å²) in [5, 5.41) is 12.9. The Morgan fingerprint density at radius 3 is 2.72 bits per heavy atom. The van der Waals surface area contributed by atoms with Gasteiger partial charge in [-0.05, 0) is 24.3 Å². The molecule has 1 saturated carbocycles. The average molecular weight is 242 g/mol. The largest absolute Gasteiger partial charge is 0.344 e. The van der Waals surface area contributed by atoms with Gasteiger partial charge in [-0.3, -0.25) is 4.79 Å². The fourth-order valence-electron chi connectivity index (χ4n) is 2.09. The molecule has 0 radical (unpaired) electrons. The van der Waals surface area contributed by atoms with Crippen LogP contribution in [0.15, 0.2) is 36.5 Å². The molecule has 1 aliphatic rings. The molecule has 2 N–H and O–H groups in total. The van der Waals surface area contributed by atoms with E-state index >= 15 is 0 Å². The number of rotatable bonds is 4. The second-order valence-corrected chi connectivity index (χ2v) is 4.55. The van der Waals surface area contributed by atoms with Gasteiger partial charge in [-0.1, -0.05) is 30.3 Å². The lowest BCUT2D eigenvalue weighted by atomic mass is 10.0. The molecule has 1 aromatic carbocycles. The third-order valence-corrected chi connectivity index (χ3v) is 3.19. The third-order valence-electron chi connectivity index (χ3n) is 3.19. The highest BCUT2D eigenvalue weighted by atomic mass is 16.2. The van der Waals surface area contributed by atoms with Crippen LogP contribution in [0.2, 0.25) is 0 Å². The maximum absolute atomic E-state index is 12.0. The summed E-state index contributed by atoms with van der Waals surface area (Å²) in [5.41, 5.74) is 1.48. The van der Waals surface area contributed by atoms with E-state index in [4.69, 9.17) is 0 Å². The number of carbonyl (C=O) groups excluding carboxylic acids is 1. The molecule has 5 nitrogen and oxygen atoms in total. The van der Waals surface area contributed by atoms with Gasteiger partial charge in [0.2, 0.25) is 0 Å². The highest BCUT2D eigenvalue weighted by Gasteiger charge is 2.33. The van der Waals surface area contributed by atoms with E-state index in [9.17, 15) is 4.79 Å². The Kier molecular flexibility index (Phi) is 2.80. The van der Waals surface area contributed by atoms with Crippen molar-refractivity contribution in [2.75, 3.05) is 0 Å². The molecule has 2 aromatic rings. The van der Waals surface area contributed by atoms with Crippen LogP contribution in [0.4, 0.5) is 0 Å². The molecule has 1 aliphatic carbocycles. The molecule has 0 aliphatic heterocycles. The maximum Gasteiger partial charge on any atom is 0.273 e. The van der Waals surface area contributed by atoms with Crippen molar-refractivity contribution in [2.45, 2.75) is 18.9 Å². The topological polar surface area (TPSA) is 70.7 Å². The van der Waals surface area contributed by atoms with Crippen LogP contribution in [-0.2, 0) is 0 Å². The zero-order chi connectivity index (χ0) is 12.4. The van der Waals surface area contributed by atoms with Crippen molar-refractivity contribution in [2.24, 2.45) is 5.92 Å². The minimum atomic E-state index is -0.176. The summed E-state index contributed by atoms with van der Waals surface area (Å²) in [6, 6.07) is 10.1. The molecule has 1 atom stereocenters. The lowest BCUT2D eigenvalue weighted by Gasteiger charge is -2.17. The smallest absolute Gasteiger partial charge is 0.273 e. The van der Waals surface area contributed by atoms with Crippen LogP contribution in [0.5, 0.6) is 0 Å². The molecule has 0 spiro atoms. The van der Waals surface area contributed by atoms with Gasteiger partial charge in [0.25, 0.3) is 5.91 Å². The number of benzene rings is 1. The molecule has 1 unspecified atom stereocenters. The lowest BCUT2D eigenvalue weighted by molar-refractivity contribution is 0.0926. The van der Waals surface area contributed by atoms with Gasteiger partial charge in [-0.2, -0.15) is 15.4 Å². The first-order valence-corrected chi connectivity index (χ1v) is 6.06. The predicted molar refractivity (Wildman–Crippen MR) is 65.8 cm³/mol. The van der Waals surface area contributed by atoms with E-state index in [0.717, 1.165) is 5.56 Å². The van der Waals surface area contributed by atoms with Crippen molar-refractivity contribution in [1.82, 2.24) is 20.7 Å². The predicted octanol–water partition coefficient (Wildman–Crippen LogP) is 1.69. The second-order valence-electron chi connectivity index (χ2n) is 4.55. The van der Waals surface area contributed by atoms with Crippen molar-refractivity contribution in [3.63, 3.8) is 0 Å². The number of aromatic nitrogens is 3. The number of carbonyl (C=O) groups is 1. The minimum Gasteiger partial charge on any atom is -0.344 e. The molecular weight excluding hydrogens is 228 g/mol. The highest BCUT2D eigenvalue weighted by Crippen LogP contribution is 2.40. The monoisotopic (exact) mass is 242 g/mol. The van der Waals surface area contributed by atoms with Crippen molar-refractivity contribution in [1.29, 1.82) is 0 Å². The van der Waals surface area contributed by atoms with Crippen molar-refractivity contribution in [3.8, 4) is 0 Å². The first-order chi connectivity index (χ1) is 8.84. The Hall–Kier alpha value is -2.17. The standard InChI is InChI=1S/C13H14N4O/c18-13(11-8-14-17-16-11)15-12(10-6-7-10)9-4-2-1-3-5-9/h1-5,8,10,12H,6-7H2,(H,15,18)(H,14,16,17). The van der Waals surface area contributed by atoms with E-state index in [2.05, 4.69) is 20.7 Å². The molecular formula is C13H14N4O. The number of amides is 1. The van der Waals surface area contributed by atoms with Gasteiger partial charge in [0.1, 0.15) is 0 Å². The normalized spacial score (nSPS) is 16.2. The van der Waals surface area contributed by atoms with Gasteiger partial charge in [-0.15, -0.1) is 0 Å². The summed E-state index contributed by atoms with van der Waals surface area (Å²) in [6.07, 6.45) is 3.77. The molecule has 1 fully saturated rings. The van der Waals surface area contributed by atoms with Gasteiger partial charge in [-0.25, -0.2) is 0 Å². The van der Waals surface area contributed by atoms with Crippen LogP contribution in [-0.4, -0.2) is 21.3 Å². The number of aromatic amines is 1. The first kappa shape index (κ1) is 11.0. The van der Waals surface area contributed by atoms with Crippen LogP contribution in [0.25, 0.3) is 0 Å². The summed E-state index contributed by atoms with van der Waals surface area (Å²) >= 11 is 0. The fourth-order valence-corrected chi connectivity index (χ4v) is 2.09. The van der Waals surface area contributed by atoms with Crippen LogP contribution in [0.3, 0.4) is 0 Å². The zero-order valence-corrected chi connectivity index (χ0v) is 9.84. The molecule has 1 amide bonds. The lowest BCUT2D eigenvalue weighted by Crippen LogP contribution is -2.30. The van der Waals surface area contributed by atoms with Crippen molar-refractivity contribution < 1.29 is 4.79 Å². The maximum atomic E-state index is 12.0. The number of hydrogen-bond donors (Lipinski definition) is 2. The zero-order valence-electron chi connectivity index (χ0n) is 9.84. The van der Waals surface area contributed by atoms with Gasteiger partial charge in [0, 0.05) is 0 Å². The summed E-state index contributed by atoms with van der Waals surface area (Å²) in [4.78, 5) is 12.0. The highest BCUT2D eigenvalue weighted by molar-refractivity contribution is 5.92. The number of nitrogens with one attached hydrogen (secondary N) is 2. The van der Waals surface area contributed by atoms with E-state index < -0.39 is 0 Å². The van der Waals surface area contributed by atoms with Crippen molar-refractivity contribution in [3.05, 3.63) is 47.8 Å². The number of nitrogens with zero attached hydrogens (tertiary/aromatic N) is 2. The molecule has 18 heavy (non-hydrogen) atoms. The van der Waals surface area contributed by atoms with E-state index in [-0.39, 0.29) is 11.9 Å². The van der Waals surface area contributed by atoms with Crippen LogP contribution < -0.4 is 5.32 Å². The Balaban J connectivity index is 1.77. The van der Waals surface area contributed by atoms with E-state index in [1.54, 1.807) is 0 Å². The van der Waals surface area contributed by atoms with Gasteiger partial charge in [0.05, 0.1) is 12.2 Å². The van der Waals surface area contributed by atoms with E-state index in [0.29, 0.717) is 11.6 Å². The third kappa shape index (κ3) is 2.25. The summed E-state index contributed by atoms with van der Waals surface area (Å²) < 4.78 is 0. The number of hydrogen-bond acceptors (Lipinski definition) is 3. The summed E-state index contributed by atoms with van der Waals surface area (Å²) in [7, 11) is 0. The van der Waals surface area contributed by atoms with E-state index in [1.807, 2.05) is 30.3 Å². The summed E-state index contributed by atoms with van der Waals surface area (Å²) in [5.74, 6) is 0.368. The molecule has 1 aromatic heterocycles. The molecule has 0 bridgehead atoms. The molecule has 1 heterocycles. The van der Waals surface area contributed by atoms with Crippen LogP contribution in [0.1, 0.15) is 34.9 Å². The minimum absolute atomic E-state index is 0.0791. The molecule has 5 heteroatoms. The summed E-state index contributed by atoms with van der Waals surface area (Å²) in [6.45, 7) is 0. The Morgan fingerprint density at radius 2 is 2.11 bits per heavy atom. The van der Waals surface area contributed by atoms with Gasteiger partial charge >= 0.3 is 0 Å². The SMILES string of the molecule is O=C(NC(c1ccccc1)C1CC1)c1cn[nH]n1. The number of H-pyrrole nitrogens is 1. The first-order valence-electron chi connectivity index (χ1n) is 6.06. The van der Waals surface area contributed by atoms with E-state index in [1.165, 1.54) is 19.0 Å². The van der Waals surface area contributed by atoms with Gasteiger partial charge in [0.15, 0.2) is 5.69 Å². The fraction of sp³-hybridized carbons (Fsp3) is 0.308. The van der Waals surface area contributed by atoms with Crippen molar-refractivity contribution >= 4 is 5.91 Å².